The van der Waals surface area contributed by atoms with Crippen LogP contribution in [0.1, 0.15) is 38.8 Å². The maximum Gasteiger partial charge on any atom is 0.319 e. The monoisotopic (exact) mass is 534 g/mol. The second-order valence-electron chi connectivity index (χ2n) is 9.25. The van der Waals surface area contributed by atoms with Gasteiger partial charge in [0.2, 0.25) is 0 Å². The van der Waals surface area contributed by atoms with Crippen LogP contribution in [-0.4, -0.2) is 12.1 Å². The van der Waals surface area contributed by atoms with Gasteiger partial charge in [0.15, 0.2) is 0 Å². The molecule has 10 heteroatoms. The Labute approximate surface area is 218 Å². The van der Waals surface area contributed by atoms with Gasteiger partial charge in [-0.05, 0) is 75.2 Å². The van der Waals surface area contributed by atoms with E-state index in [2.05, 4.69) is 21.3 Å². The van der Waals surface area contributed by atoms with Gasteiger partial charge in [0.1, 0.15) is 11.6 Å². The van der Waals surface area contributed by atoms with E-state index in [0.717, 1.165) is 11.1 Å². The van der Waals surface area contributed by atoms with E-state index in [-0.39, 0.29) is 10.0 Å². The van der Waals surface area contributed by atoms with Crippen molar-refractivity contribution < 1.29 is 18.4 Å². The summed E-state index contributed by atoms with van der Waals surface area (Å²) in [5.74, 6) is -1.16. The van der Waals surface area contributed by atoms with Crippen LogP contribution in [-0.2, 0) is 11.1 Å². The predicted molar refractivity (Wildman–Crippen MR) is 140 cm³/mol. The number of hydrogen-bond acceptors (Lipinski definition) is 2. The molecular formula is C26H26Cl2F2N4O2. The SMILES string of the molecule is CC(C)(NC(=O)Nc1ccc(F)c(Cl)c1)c1cccc(C(C)(C)NC(=O)Nc2ccc(F)c(Cl)c2)c1. The Hall–Kier alpha value is -3.36. The third kappa shape index (κ3) is 6.86. The van der Waals surface area contributed by atoms with Crippen LogP contribution < -0.4 is 21.3 Å². The van der Waals surface area contributed by atoms with Crippen molar-refractivity contribution in [1.29, 1.82) is 0 Å². The molecule has 0 bridgehead atoms. The Bertz CT molecular complexity index is 1200. The summed E-state index contributed by atoms with van der Waals surface area (Å²) in [7, 11) is 0. The minimum atomic E-state index is -0.798. The number of nitrogens with one attached hydrogen (secondary N) is 4. The highest BCUT2D eigenvalue weighted by Gasteiger charge is 2.28. The maximum atomic E-state index is 13.4. The molecule has 0 atom stereocenters. The molecule has 0 saturated carbocycles. The average Bonchev–Trinajstić information content (AvgIpc) is 2.78. The predicted octanol–water partition coefficient (Wildman–Crippen LogP) is 7.39. The molecule has 0 aliphatic rings. The normalized spacial score (nSPS) is 11.6. The molecule has 190 valence electrons. The molecule has 4 N–H and O–H groups in total. The number of carbonyl (C=O) groups excluding carboxylic acids is 2. The molecule has 3 rings (SSSR count). The first kappa shape index (κ1) is 27.2. The van der Waals surface area contributed by atoms with Gasteiger partial charge < -0.3 is 21.3 Å². The number of benzene rings is 3. The number of anilines is 2. The summed E-state index contributed by atoms with van der Waals surface area (Å²) in [5, 5.41) is 10.9. The van der Waals surface area contributed by atoms with E-state index in [1.54, 1.807) is 0 Å². The summed E-state index contributed by atoms with van der Waals surface area (Å²) in [6, 6.07) is 14.2. The molecule has 0 aromatic heterocycles. The number of urea groups is 2. The lowest BCUT2D eigenvalue weighted by atomic mass is 9.87. The topological polar surface area (TPSA) is 82.3 Å². The van der Waals surface area contributed by atoms with E-state index < -0.39 is 34.8 Å². The number of amides is 4. The van der Waals surface area contributed by atoms with Crippen molar-refractivity contribution in [2.75, 3.05) is 10.6 Å². The van der Waals surface area contributed by atoms with Crippen molar-refractivity contribution in [3.05, 3.63) is 93.5 Å². The lowest BCUT2D eigenvalue weighted by Crippen LogP contribution is -2.45. The van der Waals surface area contributed by atoms with Gasteiger partial charge in [0.25, 0.3) is 0 Å². The van der Waals surface area contributed by atoms with Gasteiger partial charge in [-0.2, -0.15) is 0 Å². The zero-order chi connectivity index (χ0) is 26.7. The molecule has 36 heavy (non-hydrogen) atoms. The van der Waals surface area contributed by atoms with Crippen LogP contribution in [0.3, 0.4) is 0 Å². The Morgan fingerprint density at radius 1 is 0.667 bits per heavy atom. The molecule has 6 nitrogen and oxygen atoms in total. The third-order valence-electron chi connectivity index (χ3n) is 5.51. The average molecular weight is 535 g/mol. The first-order valence-electron chi connectivity index (χ1n) is 11.0. The quantitative estimate of drug-likeness (QED) is 0.266. The lowest BCUT2D eigenvalue weighted by Gasteiger charge is -2.31. The summed E-state index contributed by atoms with van der Waals surface area (Å²) in [4.78, 5) is 25.2. The van der Waals surface area contributed by atoms with Crippen molar-refractivity contribution in [3.8, 4) is 0 Å². The number of carbonyl (C=O) groups is 2. The molecule has 0 unspecified atom stereocenters. The van der Waals surface area contributed by atoms with E-state index >= 15 is 0 Å². The van der Waals surface area contributed by atoms with Crippen LogP contribution in [0, 0.1) is 11.6 Å². The lowest BCUT2D eigenvalue weighted by molar-refractivity contribution is 0.241. The molecular weight excluding hydrogens is 509 g/mol. The fourth-order valence-electron chi connectivity index (χ4n) is 3.48. The van der Waals surface area contributed by atoms with E-state index in [1.807, 2.05) is 52.0 Å². The fraction of sp³-hybridized carbons (Fsp3) is 0.231. The van der Waals surface area contributed by atoms with Crippen LogP contribution in [0.5, 0.6) is 0 Å². The molecule has 4 amide bonds. The van der Waals surface area contributed by atoms with E-state index in [4.69, 9.17) is 23.2 Å². The molecule has 0 saturated heterocycles. The van der Waals surface area contributed by atoms with E-state index in [9.17, 15) is 18.4 Å². The molecule has 3 aromatic carbocycles. The van der Waals surface area contributed by atoms with Gasteiger partial charge in [-0.25, -0.2) is 18.4 Å². The van der Waals surface area contributed by atoms with Crippen LogP contribution in [0.2, 0.25) is 10.0 Å². The van der Waals surface area contributed by atoms with Gasteiger partial charge in [-0.15, -0.1) is 0 Å². The molecule has 0 radical (unpaired) electrons. The summed E-state index contributed by atoms with van der Waals surface area (Å²) < 4.78 is 26.7. The summed E-state index contributed by atoms with van der Waals surface area (Å²) in [6.45, 7) is 7.31. The number of rotatable bonds is 6. The summed E-state index contributed by atoms with van der Waals surface area (Å²) in [6.07, 6.45) is 0. The largest absolute Gasteiger partial charge is 0.329 e. The van der Waals surface area contributed by atoms with Crippen molar-refractivity contribution in [1.82, 2.24) is 10.6 Å². The molecule has 0 aliphatic carbocycles. The van der Waals surface area contributed by atoms with Crippen LogP contribution >= 0.6 is 23.2 Å². The highest BCUT2D eigenvalue weighted by Crippen LogP contribution is 2.27. The van der Waals surface area contributed by atoms with Crippen LogP contribution in [0.15, 0.2) is 60.7 Å². The zero-order valence-electron chi connectivity index (χ0n) is 20.1. The van der Waals surface area contributed by atoms with Gasteiger partial charge in [-0.1, -0.05) is 47.5 Å². The maximum absolute atomic E-state index is 13.4. The standard InChI is InChI=1S/C26H26Cl2F2N4O2/c1-25(2,33-23(35)31-17-8-10-21(29)19(27)13-17)15-6-5-7-16(12-15)26(3,4)34-24(36)32-18-9-11-22(30)20(28)14-18/h5-14H,1-4H3,(H2,31,33,35)(H2,32,34,36). The minimum Gasteiger partial charge on any atom is -0.329 e. The second kappa shape index (κ2) is 10.7. The van der Waals surface area contributed by atoms with Crippen LogP contribution in [0.25, 0.3) is 0 Å². The second-order valence-corrected chi connectivity index (χ2v) is 10.1. The molecule has 3 aromatic rings. The van der Waals surface area contributed by atoms with Crippen LogP contribution in [0.4, 0.5) is 29.7 Å². The summed E-state index contributed by atoms with van der Waals surface area (Å²) in [5.41, 5.74) is 0.672. The van der Waals surface area contributed by atoms with Crippen molar-refractivity contribution >= 4 is 46.6 Å². The third-order valence-corrected chi connectivity index (χ3v) is 6.09. The Balaban J connectivity index is 1.70. The minimum absolute atomic E-state index is 0.0962. The van der Waals surface area contributed by atoms with Gasteiger partial charge >= 0.3 is 12.1 Å². The van der Waals surface area contributed by atoms with Crippen molar-refractivity contribution in [2.24, 2.45) is 0 Å². The molecule has 0 spiro atoms. The molecule has 0 aliphatic heterocycles. The van der Waals surface area contributed by atoms with E-state index in [1.165, 1.54) is 36.4 Å². The first-order chi connectivity index (χ1) is 16.8. The zero-order valence-corrected chi connectivity index (χ0v) is 21.6. The Kier molecular flexibility index (Phi) is 8.11. The van der Waals surface area contributed by atoms with Gasteiger partial charge in [-0.3, -0.25) is 0 Å². The van der Waals surface area contributed by atoms with Crippen molar-refractivity contribution in [2.45, 2.75) is 38.8 Å². The Morgan fingerprint density at radius 2 is 1.06 bits per heavy atom. The van der Waals surface area contributed by atoms with Crippen molar-refractivity contribution in [3.63, 3.8) is 0 Å². The highest BCUT2D eigenvalue weighted by atomic mass is 35.5. The summed E-state index contributed by atoms with van der Waals surface area (Å²) >= 11 is 11.6. The van der Waals surface area contributed by atoms with Gasteiger partial charge in [0, 0.05) is 11.4 Å². The number of hydrogen-bond donors (Lipinski definition) is 4. The van der Waals surface area contributed by atoms with Gasteiger partial charge in [0.05, 0.1) is 21.1 Å². The Morgan fingerprint density at radius 3 is 1.42 bits per heavy atom. The highest BCUT2D eigenvalue weighted by molar-refractivity contribution is 6.31. The molecule has 0 heterocycles. The molecule has 0 fully saturated rings. The smallest absolute Gasteiger partial charge is 0.319 e. The first-order valence-corrected chi connectivity index (χ1v) is 11.7. The fourth-order valence-corrected chi connectivity index (χ4v) is 3.84. The van der Waals surface area contributed by atoms with E-state index in [0.29, 0.717) is 11.4 Å². The number of halogens is 4.